The van der Waals surface area contributed by atoms with Crippen molar-refractivity contribution >= 4 is 23.2 Å². The number of aliphatic hydroxyl groups excluding tert-OH is 1. The van der Waals surface area contributed by atoms with Crippen LogP contribution in [0.25, 0.3) is 5.70 Å². The number of fused-ring (bicyclic) bond motifs is 2. The van der Waals surface area contributed by atoms with Gasteiger partial charge in [-0.1, -0.05) is 24.8 Å². The van der Waals surface area contributed by atoms with Crippen molar-refractivity contribution in [3.8, 4) is 0 Å². The van der Waals surface area contributed by atoms with E-state index in [0.29, 0.717) is 33.6 Å². The van der Waals surface area contributed by atoms with Crippen LogP contribution in [0.1, 0.15) is 38.1 Å². The van der Waals surface area contributed by atoms with Crippen LogP contribution in [0.4, 0.5) is 5.69 Å². The highest BCUT2D eigenvalue weighted by Crippen LogP contribution is 2.39. The lowest BCUT2D eigenvalue weighted by Crippen LogP contribution is -2.27. The summed E-state index contributed by atoms with van der Waals surface area (Å²) in [6.45, 7) is 3.78. The van der Waals surface area contributed by atoms with Gasteiger partial charge in [-0.3, -0.25) is 14.5 Å². The van der Waals surface area contributed by atoms with Crippen molar-refractivity contribution in [1.29, 1.82) is 0 Å². The number of benzene rings is 2. The molecule has 108 valence electrons. The van der Waals surface area contributed by atoms with Crippen LogP contribution in [0.2, 0.25) is 0 Å². The Bertz CT molecular complexity index is 842. The van der Waals surface area contributed by atoms with Gasteiger partial charge in [0.25, 0.3) is 11.8 Å². The highest BCUT2D eigenvalue weighted by molar-refractivity contribution is 6.15. The number of rotatable bonds is 1. The van der Waals surface area contributed by atoms with Gasteiger partial charge in [0.2, 0.25) is 0 Å². The Morgan fingerprint density at radius 1 is 1.05 bits per heavy atom. The van der Waals surface area contributed by atoms with Crippen LogP contribution in [0.3, 0.4) is 0 Å². The van der Waals surface area contributed by atoms with Crippen LogP contribution < -0.4 is 10.2 Å². The maximum Gasteiger partial charge on any atom is 0.261 e. The van der Waals surface area contributed by atoms with Crippen LogP contribution in [-0.4, -0.2) is 16.9 Å². The molecule has 0 fully saturated rings. The molecule has 5 heteroatoms. The number of para-hydroxylation sites is 1. The van der Waals surface area contributed by atoms with Crippen molar-refractivity contribution in [3.63, 3.8) is 0 Å². The first kappa shape index (κ1) is 12.8. The highest BCUT2D eigenvalue weighted by atomic mass is 16.3. The molecule has 0 saturated heterocycles. The molecule has 1 atom stereocenters. The summed E-state index contributed by atoms with van der Waals surface area (Å²) in [6.07, 6.45) is -1.07. The van der Waals surface area contributed by atoms with Crippen LogP contribution in [0.15, 0.2) is 49.0 Å². The molecule has 1 unspecified atom stereocenters. The lowest BCUT2D eigenvalue weighted by molar-refractivity contribution is 0.0935. The molecule has 2 amide bonds. The van der Waals surface area contributed by atoms with Crippen LogP contribution in [0, 0.1) is 0 Å². The zero-order valence-corrected chi connectivity index (χ0v) is 11.5. The van der Waals surface area contributed by atoms with Crippen molar-refractivity contribution in [2.75, 3.05) is 4.90 Å². The predicted molar refractivity (Wildman–Crippen MR) is 81.2 cm³/mol. The number of nitrogens with zero attached hydrogens (tertiary/aromatic N) is 1. The number of hydrogen-bond acceptors (Lipinski definition) is 3. The Morgan fingerprint density at radius 3 is 2.50 bits per heavy atom. The Balaban J connectivity index is 1.87. The molecule has 0 bridgehead atoms. The topological polar surface area (TPSA) is 69.6 Å². The predicted octanol–water partition coefficient (Wildman–Crippen LogP) is 2.05. The molecule has 0 aromatic heterocycles. The fraction of sp³-hybridized carbons (Fsp3) is 0.0588. The second kappa shape index (κ2) is 4.29. The number of hydrogen-bond donors (Lipinski definition) is 2. The molecule has 22 heavy (non-hydrogen) atoms. The third kappa shape index (κ3) is 1.57. The average Bonchev–Trinajstić information content (AvgIpc) is 2.94. The van der Waals surface area contributed by atoms with Crippen molar-refractivity contribution in [3.05, 3.63) is 71.3 Å². The van der Waals surface area contributed by atoms with Crippen molar-refractivity contribution in [1.82, 2.24) is 5.32 Å². The van der Waals surface area contributed by atoms with E-state index in [4.69, 9.17) is 0 Å². The molecule has 0 aliphatic carbocycles. The number of aliphatic hydroxyl groups is 1. The second-order valence-corrected chi connectivity index (χ2v) is 5.30. The van der Waals surface area contributed by atoms with E-state index in [2.05, 4.69) is 11.9 Å². The number of carbonyl (C=O) groups is 2. The number of carbonyl (C=O) groups excluding carboxylic acids is 2. The van der Waals surface area contributed by atoms with Gasteiger partial charge in [-0.2, -0.15) is 0 Å². The lowest BCUT2D eigenvalue weighted by atomic mass is 10.00. The Hall–Kier alpha value is -2.92. The average molecular weight is 292 g/mol. The van der Waals surface area contributed by atoms with Crippen LogP contribution in [-0.2, 0) is 0 Å². The highest BCUT2D eigenvalue weighted by Gasteiger charge is 2.39. The van der Waals surface area contributed by atoms with E-state index in [1.807, 2.05) is 6.07 Å². The molecule has 5 nitrogen and oxygen atoms in total. The third-order valence-electron chi connectivity index (χ3n) is 4.03. The fourth-order valence-electron chi connectivity index (χ4n) is 2.95. The van der Waals surface area contributed by atoms with Gasteiger partial charge in [-0.25, -0.2) is 0 Å². The molecule has 4 rings (SSSR count). The number of nitrogens with one attached hydrogen (secondary N) is 1. The minimum atomic E-state index is -1.07. The molecule has 0 saturated carbocycles. The molecular formula is C17H12N2O3. The van der Waals surface area contributed by atoms with Crippen LogP contribution >= 0.6 is 0 Å². The van der Waals surface area contributed by atoms with Gasteiger partial charge < -0.3 is 10.4 Å². The summed E-state index contributed by atoms with van der Waals surface area (Å²) in [6, 6.07) is 12.1. The summed E-state index contributed by atoms with van der Waals surface area (Å²) in [4.78, 5) is 25.8. The standard InChI is InChI=1S/C17H12N2O3/c1-9-11-7-13-14(8-12(11)15(20)18-9)17(22)19(16(13)21)10-5-3-2-4-6-10/h2-8,16,21H,1H2,(H,18,20). The van der Waals surface area contributed by atoms with E-state index in [9.17, 15) is 14.7 Å². The first-order chi connectivity index (χ1) is 10.6. The van der Waals surface area contributed by atoms with E-state index in [-0.39, 0.29) is 11.8 Å². The number of anilines is 1. The van der Waals surface area contributed by atoms with E-state index in [1.54, 1.807) is 30.3 Å². The minimum Gasteiger partial charge on any atom is -0.369 e. The largest absolute Gasteiger partial charge is 0.369 e. The smallest absolute Gasteiger partial charge is 0.261 e. The molecule has 2 heterocycles. The Labute approximate surface area is 126 Å². The van der Waals surface area contributed by atoms with E-state index < -0.39 is 6.23 Å². The SMILES string of the molecule is C=C1NC(=O)c2cc3c(cc21)C(O)N(c1ccccc1)C3=O. The maximum atomic E-state index is 12.6. The van der Waals surface area contributed by atoms with E-state index in [0.717, 1.165) is 0 Å². The first-order valence-electron chi connectivity index (χ1n) is 6.83. The Kier molecular flexibility index (Phi) is 2.49. The summed E-state index contributed by atoms with van der Waals surface area (Å²) in [5, 5.41) is 13.1. The maximum absolute atomic E-state index is 12.6. The molecule has 2 aromatic rings. The van der Waals surface area contributed by atoms with Gasteiger partial charge in [0.1, 0.15) is 0 Å². The van der Waals surface area contributed by atoms with Gasteiger partial charge in [-0.15, -0.1) is 0 Å². The van der Waals surface area contributed by atoms with Gasteiger partial charge in [0, 0.05) is 33.6 Å². The number of amides is 2. The van der Waals surface area contributed by atoms with Crippen molar-refractivity contribution < 1.29 is 14.7 Å². The minimum absolute atomic E-state index is 0.275. The molecular weight excluding hydrogens is 280 g/mol. The van der Waals surface area contributed by atoms with Gasteiger partial charge in [0.15, 0.2) is 6.23 Å². The third-order valence-corrected chi connectivity index (χ3v) is 4.03. The molecule has 0 spiro atoms. The Morgan fingerprint density at radius 2 is 1.77 bits per heavy atom. The van der Waals surface area contributed by atoms with Crippen LogP contribution in [0.5, 0.6) is 0 Å². The van der Waals surface area contributed by atoms with Gasteiger partial charge in [0.05, 0.1) is 0 Å². The van der Waals surface area contributed by atoms with Crippen molar-refractivity contribution in [2.45, 2.75) is 6.23 Å². The molecule has 2 aliphatic rings. The zero-order chi connectivity index (χ0) is 15.4. The quantitative estimate of drug-likeness (QED) is 0.845. The summed E-state index contributed by atoms with van der Waals surface area (Å²) >= 11 is 0. The van der Waals surface area contributed by atoms with E-state index in [1.165, 1.54) is 11.0 Å². The summed E-state index contributed by atoms with van der Waals surface area (Å²) in [7, 11) is 0. The summed E-state index contributed by atoms with van der Waals surface area (Å²) in [5.41, 5.74) is 2.98. The monoisotopic (exact) mass is 292 g/mol. The molecule has 2 aromatic carbocycles. The zero-order valence-electron chi connectivity index (χ0n) is 11.5. The van der Waals surface area contributed by atoms with E-state index >= 15 is 0 Å². The second-order valence-electron chi connectivity index (χ2n) is 5.30. The molecule has 0 radical (unpaired) electrons. The lowest BCUT2D eigenvalue weighted by Gasteiger charge is -2.20. The normalized spacial score (nSPS) is 19.2. The van der Waals surface area contributed by atoms with Crippen molar-refractivity contribution in [2.24, 2.45) is 0 Å². The molecule has 2 N–H and O–H groups in total. The summed E-state index contributed by atoms with van der Waals surface area (Å²) < 4.78 is 0. The first-order valence-corrected chi connectivity index (χ1v) is 6.83. The van der Waals surface area contributed by atoms with Gasteiger partial charge in [-0.05, 0) is 24.3 Å². The van der Waals surface area contributed by atoms with Gasteiger partial charge >= 0.3 is 0 Å². The molecule has 2 aliphatic heterocycles. The summed E-state index contributed by atoms with van der Waals surface area (Å²) in [5.74, 6) is -0.593. The fourth-order valence-corrected chi connectivity index (χ4v) is 2.95.